The number of carboxylic acid groups (broad SMARTS) is 1. The van der Waals surface area contributed by atoms with E-state index < -0.39 is 23.8 Å². The van der Waals surface area contributed by atoms with Crippen LogP contribution < -0.4 is 5.32 Å². The maximum atomic E-state index is 11.5. The van der Waals surface area contributed by atoms with Gasteiger partial charge in [0.2, 0.25) is 0 Å². The number of carbonyl (C=O) groups is 3. The van der Waals surface area contributed by atoms with E-state index in [-0.39, 0.29) is 18.9 Å². The van der Waals surface area contributed by atoms with Crippen molar-refractivity contribution in [2.24, 2.45) is 0 Å². The summed E-state index contributed by atoms with van der Waals surface area (Å²) in [5, 5.41) is 11.8. The number of ketones is 1. The molecule has 0 saturated carbocycles. The molecule has 20 heavy (non-hydrogen) atoms. The van der Waals surface area contributed by atoms with Gasteiger partial charge in [0.1, 0.15) is 12.1 Å². The van der Waals surface area contributed by atoms with E-state index in [9.17, 15) is 14.4 Å². The second-order valence-corrected chi connectivity index (χ2v) is 5.36. The van der Waals surface area contributed by atoms with Gasteiger partial charge < -0.3 is 15.2 Å². The van der Waals surface area contributed by atoms with Crippen LogP contribution in [0, 0.1) is 0 Å². The molecule has 0 radical (unpaired) electrons. The number of nitrogens with zero attached hydrogens (tertiary/aromatic N) is 1. The van der Waals surface area contributed by atoms with Gasteiger partial charge in [0, 0.05) is 0 Å². The zero-order valence-electron chi connectivity index (χ0n) is 12.4. The Kier molecular flexibility index (Phi) is 6.98. The summed E-state index contributed by atoms with van der Waals surface area (Å²) in [6.45, 7) is 7.60. The summed E-state index contributed by atoms with van der Waals surface area (Å²) in [5.41, 5.74) is -0.619. The van der Waals surface area contributed by atoms with E-state index in [1.54, 1.807) is 27.7 Å². The van der Waals surface area contributed by atoms with Crippen LogP contribution in [-0.4, -0.2) is 52.9 Å². The molecule has 0 aliphatic rings. The summed E-state index contributed by atoms with van der Waals surface area (Å²) in [6, 6.07) is -0.473. The van der Waals surface area contributed by atoms with Crippen LogP contribution in [0.5, 0.6) is 0 Å². The highest BCUT2D eigenvalue weighted by Crippen LogP contribution is 2.06. The lowest BCUT2D eigenvalue weighted by atomic mass is 10.2. The van der Waals surface area contributed by atoms with Crippen LogP contribution in [-0.2, 0) is 14.4 Å². The molecule has 0 aromatic rings. The van der Waals surface area contributed by atoms with Crippen LogP contribution in [0.1, 0.15) is 34.6 Å². The largest absolute Gasteiger partial charge is 0.463 e. The summed E-state index contributed by atoms with van der Waals surface area (Å²) in [6.07, 6.45) is -1.99. The molecule has 116 valence electrons. The summed E-state index contributed by atoms with van der Waals surface area (Å²) >= 11 is 0. The molecule has 0 fully saturated rings. The second kappa shape index (κ2) is 7.68. The van der Waals surface area contributed by atoms with Crippen LogP contribution in [0.3, 0.4) is 0 Å². The summed E-state index contributed by atoms with van der Waals surface area (Å²) in [5.74, 6) is -0.347. The zero-order chi connectivity index (χ0) is 15.9. The number of rotatable bonds is 6. The standard InChI is InChI=1S/C12H22N2O6/c1-8(13-10(16)20-12(3,4)5)7-19-14(11(17)18)6-9(2)15/h8H,6-7H2,1-5H3,(H,13,16)(H,17,18)/t8-/m1/s1. The quantitative estimate of drug-likeness (QED) is 0.716. The molecule has 2 amide bonds. The number of nitrogens with one attached hydrogen (secondary N) is 1. The maximum absolute atomic E-state index is 11.5. The highest BCUT2D eigenvalue weighted by atomic mass is 16.7. The Morgan fingerprint density at radius 1 is 1.30 bits per heavy atom. The molecule has 0 heterocycles. The third kappa shape index (κ3) is 9.15. The average Bonchev–Trinajstić information content (AvgIpc) is 2.20. The van der Waals surface area contributed by atoms with Gasteiger partial charge in [0.15, 0.2) is 5.78 Å². The lowest BCUT2D eigenvalue weighted by Crippen LogP contribution is -2.42. The van der Waals surface area contributed by atoms with Gasteiger partial charge in [-0.15, -0.1) is 0 Å². The second-order valence-electron chi connectivity index (χ2n) is 5.36. The first-order chi connectivity index (χ1) is 9.01. The fourth-order valence-corrected chi connectivity index (χ4v) is 1.12. The lowest BCUT2D eigenvalue weighted by molar-refractivity contribution is -0.149. The van der Waals surface area contributed by atoms with Crippen molar-refractivity contribution in [1.29, 1.82) is 0 Å². The first-order valence-corrected chi connectivity index (χ1v) is 6.13. The Balaban J connectivity index is 4.19. The molecule has 1 atom stereocenters. The monoisotopic (exact) mass is 290 g/mol. The molecule has 0 aromatic heterocycles. The van der Waals surface area contributed by atoms with Crippen molar-refractivity contribution in [3.8, 4) is 0 Å². The van der Waals surface area contributed by atoms with E-state index >= 15 is 0 Å². The zero-order valence-corrected chi connectivity index (χ0v) is 12.4. The number of amides is 2. The molecule has 0 bridgehead atoms. The lowest BCUT2D eigenvalue weighted by Gasteiger charge is -2.23. The third-order valence-corrected chi connectivity index (χ3v) is 1.82. The molecule has 8 nitrogen and oxygen atoms in total. The number of hydrogen-bond donors (Lipinski definition) is 2. The van der Waals surface area contributed by atoms with E-state index in [2.05, 4.69) is 5.32 Å². The topological polar surface area (TPSA) is 105 Å². The highest BCUT2D eigenvalue weighted by Gasteiger charge is 2.20. The Bertz CT molecular complexity index is 363. The van der Waals surface area contributed by atoms with Crippen molar-refractivity contribution < 1.29 is 29.1 Å². The molecule has 0 saturated heterocycles. The fraction of sp³-hybridized carbons (Fsp3) is 0.750. The van der Waals surface area contributed by atoms with Crippen molar-refractivity contribution in [3.63, 3.8) is 0 Å². The molecule has 0 aliphatic heterocycles. The van der Waals surface area contributed by atoms with Crippen LogP contribution >= 0.6 is 0 Å². The molecule has 0 aliphatic carbocycles. The molecule has 2 N–H and O–H groups in total. The van der Waals surface area contributed by atoms with Gasteiger partial charge >= 0.3 is 12.2 Å². The van der Waals surface area contributed by atoms with Crippen LogP contribution in [0.15, 0.2) is 0 Å². The van der Waals surface area contributed by atoms with Crippen LogP contribution in [0.2, 0.25) is 0 Å². The number of Topliss-reactive ketones (excluding diaryl/α,β-unsaturated/α-hetero) is 1. The fourth-order valence-electron chi connectivity index (χ4n) is 1.12. The number of alkyl carbamates (subject to hydrolysis) is 1. The van der Waals surface area contributed by atoms with Gasteiger partial charge in [-0.05, 0) is 34.6 Å². The molecule has 0 rings (SSSR count). The van der Waals surface area contributed by atoms with E-state index in [0.717, 1.165) is 0 Å². The van der Waals surface area contributed by atoms with Crippen LogP contribution in [0.4, 0.5) is 9.59 Å². The minimum atomic E-state index is -1.37. The SMILES string of the molecule is CC(=O)CN(OC[C@@H](C)NC(=O)OC(C)(C)C)C(=O)O. The average molecular weight is 290 g/mol. The van der Waals surface area contributed by atoms with E-state index in [0.29, 0.717) is 5.06 Å². The van der Waals surface area contributed by atoms with E-state index in [1.165, 1.54) is 6.92 Å². The van der Waals surface area contributed by atoms with E-state index in [1.807, 2.05) is 0 Å². The Labute approximate surface area is 118 Å². The smallest absolute Gasteiger partial charge is 0.431 e. The summed E-state index contributed by atoms with van der Waals surface area (Å²) < 4.78 is 5.04. The Hall–Kier alpha value is -1.83. The maximum Gasteiger partial charge on any atom is 0.431 e. The summed E-state index contributed by atoms with van der Waals surface area (Å²) in [4.78, 5) is 38.1. The first kappa shape index (κ1) is 18.2. The number of hydrogen-bond acceptors (Lipinski definition) is 5. The number of ether oxygens (including phenoxy) is 1. The highest BCUT2D eigenvalue weighted by molar-refractivity contribution is 5.80. The predicted octanol–water partition coefficient (Wildman–Crippen LogP) is 1.40. The predicted molar refractivity (Wildman–Crippen MR) is 70.2 cm³/mol. The number of hydroxylamine groups is 2. The van der Waals surface area contributed by atoms with Gasteiger partial charge in [-0.25, -0.2) is 9.59 Å². The van der Waals surface area contributed by atoms with Gasteiger partial charge in [-0.3, -0.25) is 9.63 Å². The van der Waals surface area contributed by atoms with Crippen molar-refractivity contribution in [2.75, 3.05) is 13.2 Å². The van der Waals surface area contributed by atoms with Crippen molar-refractivity contribution in [1.82, 2.24) is 10.4 Å². The molecule has 0 spiro atoms. The molecule has 0 aromatic carbocycles. The van der Waals surface area contributed by atoms with Gasteiger partial charge in [-0.1, -0.05) is 0 Å². The first-order valence-electron chi connectivity index (χ1n) is 6.13. The minimum Gasteiger partial charge on any atom is -0.463 e. The van der Waals surface area contributed by atoms with E-state index in [4.69, 9.17) is 14.7 Å². The molecular formula is C12H22N2O6. The van der Waals surface area contributed by atoms with Gasteiger partial charge in [0.25, 0.3) is 0 Å². The minimum absolute atomic E-state index is 0.0984. The van der Waals surface area contributed by atoms with Gasteiger partial charge in [0.05, 0.1) is 12.6 Å². The van der Waals surface area contributed by atoms with Crippen molar-refractivity contribution in [3.05, 3.63) is 0 Å². The van der Waals surface area contributed by atoms with Gasteiger partial charge in [-0.2, -0.15) is 5.06 Å². The Morgan fingerprint density at radius 2 is 1.85 bits per heavy atom. The number of carbonyl (C=O) groups excluding carboxylic acids is 2. The Morgan fingerprint density at radius 3 is 2.25 bits per heavy atom. The molecular weight excluding hydrogens is 268 g/mol. The molecule has 8 heteroatoms. The summed E-state index contributed by atoms with van der Waals surface area (Å²) in [7, 11) is 0. The van der Waals surface area contributed by atoms with Crippen molar-refractivity contribution in [2.45, 2.75) is 46.3 Å². The normalized spacial score (nSPS) is 12.4. The van der Waals surface area contributed by atoms with Crippen LogP contribution in [0.25, 0.3) is 0 Å². The van der Waals surface area contributed by atoms with Crippen molar-refractivity contribution >= 4 is 18.0 Å². The third-order valence-electron chi connectivity index (χ3n) is 1.82. The molecule has 0 unspecified atom stereocenters.